The number of amides is 1. The van der Waals surface area contributed by atoms with E-state index in [1.165, 1.54) is 14.2 Å². The number of aliphatic hydroxyl groups is 1. The van der Waals surface area contributed by atoms with Gasteiger partial charge in [-0.2, -0.15) is 0 Å². The summed E-state index contributed by atoms with van der Waals surface area (Å²) in [6.07, 6.45) is -1.26. The molecular weight excluding hydrogens is 346 g/mol. The Balaban J connectivity index is 2.19. The molecule has 6 nitrogen and oxygen atoms in total. The van der Waals surface area contributed by atoms with Gasteiger partial charge in [0.2, 0.25) is 0 Å². The molecule has 6 heteroatoms. The minimum atomic E-state index is -1.26. The molecule has 2 atom stereocenters. The van der Waals surface area contributed by atoms with Gasteiger partial charge < -0.3 is 19.9 Å². The van der Waals surface area contributed by atoms with Crippen LogP contribution in [0, 0.1) is 0 Å². The van der Waals surface area contributed by atoms with Crippen molar-refractivity contribution in [1.29, 1.82) is 0 Å². The number of benzene rings is 2. The van der Waals surface area contributed by atoms with Crippen molar-refractivity contribution in [2.75, 3.05) is 14.2 Å². The van der Waals surface area contributed by atoms with Crippen LogP contribution in [-0.4, -0.2) is 37.2 Å². The van der Waals surface area contributed by atoms with Crippen molar-refractivity contribution in [3.63, 3.8) is 0 Å². The van der Waals surface area contributed by atoms with Crippen LogP contribution >= 0.6 is 0 Å². The molecule has 2 aromatic carbocycles. The average Bonchev–Trinajstić information content (AvgIpc) is 2.70. The molecule has 144 valence electrons. The van der Waals surface area contributed by atoms with Gasteiger partial charge in [0.1, 0.15) is 11.9 Å². The number of aliphatic hydroxyl groups excluding tert-OH is 1. The van der Waals surface area contributed by atoms with Gasteiger partial charge in [-0.3, -0.25) is 4.79 Å². The molecule has 2 rings (SSSR count). The maximum absolute atomic E-state index is 12.5. The molecule has 0 radical (unpaired) electrons. The third kappa shape index (κ3) is 5.08. The molecule has 0 aliphatic rings. The van der Waals surface area contributed by atoms with Crippen LogP contribution in [0.1, 0.15) is 47.4 Å². The summed E-state index contributed by atoms with van der Waals surface area (Å²) < 4.78 is 9.83. The highest BCUT2D eigenvalue weighted by Gasteiger charge is 2.31. The van der Waals surface area contributed by atoms with Gasteiger partial charge in [-0.25, -0.2) is 4.79 Å². The number of carbonyl (C=O) groups is 2. The minimum Gasteiger partial charge on any atom is -0.497 e. The van der Waals surface area contributed by atoms with Gasteiger partial charge >= 0.3 is 5.97 Å². The largest absolute Gasteiger partial charge is 0.497 e. The summed E-state index contributed by atoms with van der Waals surface area (Å²) in [5.41, 5.74) is 1.96. The van der Waals surface area contributed by atoms with E-state index in [1.807, 2.05) is 12.1 Å². The second-order valence-corrected chi connectivity index (χ2v) is 6.47. The Hall–Kier alpha value is -2.86. The fraction of sp³-hybridized carbons (Fsp3) is 0.333. The maximum Gasteiger partial charge on any atom is 0.331 e. The lowest BCUT2D eigenvalue weighted by Crippen LogP contribution is -2.45. The van der Waals surface area contributed by atoms with Crippen LogP contribution in [0.15, 0.2) is 48.5 Å². The molecule has 0 saturated carbocycles. The Bertz CT molecular complexity index is 768. The molecule has 2 N–H and O–H groups in total. The second-order valence-electron chi connectivity index (χ2n) is 6.47. The lowest BCUT2D eigenvalue weighted by Gasteiger charge is -2.22. The summed E-state index contributed by atoms with van der Waals surface area (Å²) in [4.78, 5) is 24.7. The summed E-state index contributed by atoms with van der Waals surface area (Å²) in [6, 6.07) is 12.5. The highest BCUT2D eigenvalue weighted by molar-refractivity contribution is 5.97. The first-order valence-corrected chi connectivity index (χ1v) is 8.68. The summed E-state index contributed by atoms with van der Waals surface area (Å²) in [7, 11) is 2.74. The molecule has 0 spiro atoms. The molecule has 0 aliphatic heterocycles. The number of carbonyl (C=O) groups excluding carboxylic acids is 2. The van der Waals surface area contributed by atoms with Crippen molar-refractivity contribution in [3.8, 4) is 5.75 Å². The molecule has 0 saturated heterocycles. The first kappa shape index (κ1) is 20.5. The van der Waals surface area contributed by atoms with E-state index in [0.29, 0.717) is 22.8 Å². The Kier molecular flexibility index (Phi) is 6.96. The first-order chi connectivity index (χ1) is 12.9. The second kappa shape index (κ2) is 9.19. The molecule has 0 bridgehead atoms. The molecule has 0 aliphatic carbocycles. The van der Waals surface area contributed by atoms with E-state index in [2.05, 4.69) is 19.2 Å². The van der Waals surface area contributed by atoms with Crippen molar-refractivity contribution < 1.29 is 24.2 Å². The van der Waals surface area contributed by atoms with Gasteiger partial charge in [0, 0.05) is 5.56 Å². The predicted molar refractivity (Wildman–Crippen MR) is 102 cm³/mol. The third-order valence-corrected chi connectivity index (χ3v) is 4.35. The van der Waals surface area contributed by atoms with Crippen LogP contribution in [0.2, 0.25) is 0 Å². The molecule has 27 heavy (non-hydrogen) atoms. The Labute approximate surface area is 159 Å². The zero-order chi connectivity index (χ0) is 20.0. The highest BCUT2D eigenvalue weighted by atomic mass is 16.5. The molecule has 2 aromatic rings. The standard InChI is InChI=1S/C21H25NO5/c1-13(2)14-5-7-16(8-6-14)20(24)22-18(21(25)27-4)19(23)15-9-11-17(26-3)12-10-15/h5-13,18-19,23H,1-4H3,(H,22,24). The number of ether oxygens (including phenoxy) is 2. The van der Waals surface area contributed by atoms with Crippen LogP contribution in [-0.2, 0) is 9.53 Å². The van der Waals surface area contributed by atoms with Crippen LogP contribution in [0.3, 0.4) is 0 Å². The SMILES string of the molecule is COC(=O)C(NC(=O)c1ccc(C(C)C)cc1)C(O)c1ccc(OC)cc1. The molecular formula is C21H25NO5. The van der Waals surface area contributed by atoms with Crippen LogP contribution in [0.5, 0.6) is 5.75 Å². The number of hydrogen-bond acceptors (Lipinski definition) is 5. The average molecular weight is 371 g/mol. The first-order valence-electron chi connectivity index (χ1n) is 8.68. The van der Waals surface area contributed by atoms with E-state index in [9.17, 15) is 14.7 Å². The monoisotopic (exact) mass is 371 g/mol. The fourth-order valence-electron chi connectivity index (χ4n) is 2.63. The number of esters is 1. The summed E-state index contributed by atoms with van der Waals surface area (Å²) >= 11 is 0. The van der Waals surface area contributed by atoms with Crippen LogP contribution in [0.4, 0.5) is 0 Å². The Morgan fingerprint density at radius 3 is 1.96 bits per heavy atom. The van der Waals surface area contributed by atoms with Crippen molar-refractivity contribution in [2.24, 2.45) is 0 Å². The van der Waals surface area contributed by atoms with E-state index in [1.54, 1.807) is 36.4 Å². The minimum absolute atomic E-state index is 0.349. The number of rotatable bonds is 7. The van der Waals surface area contributed by atoms with Gasteiger partial charge in [0.25, 0.3) is 5.91 Å². The summed E-state index contributed by atoms with van der Waals surface area (Å²) in [6.45, 7) is 4.13. The van der Waals surface area contributed by atoms with Crippen molar-refractivity contribution in [2.45, 2.75) is 31.9 Å². The molecule has 0 fully saturated rings. The number of nitrogens with one attached hydrogen (secondary N) is 1. The molecule has 0 aromatic heterocycles. The Morgan fingerprint density at radius 1 is 0.926 bits per heavy atom. The lowest BCUT2D eigenvalue weighted by atomic mass is 10.00. The fourth-order valence-corrected chi connectivity index (χ4v) is 2.63. The van der Waals surface area contributed by atoms with Crippen molar-refractivity contribution >= 4 is 11.9 Å². The molecule has 2 unspecified atom stereocenters. The van der Waals surface area contributed by atoms with E-state index in [0.717, 1.165) is 5.56 Å². The quantitative estimate of drug-likeness (QED) is 0.731. The van der Waals surface area contributed by atoms with Crippen molar-refractivity contribution in [1.82, 2.24) is 5.32 Å². The topological polar surface area (TPSA) is 84.9 Å². The normalized spacial score (nSPS) is 13.0. The van der Waals surface area contributed by atoms with Crippen LogP contribution < -0.4 is 10.1 Å². The lowest BCUT2D eigenvalue weighted by molar-refractivity contribution is -0.146. The summed E-state index contributed by atoms with van der Waals surface area (Å²) in [5.74, 6) is -0.226. The van der Waals surface area contributed by atoms with Gasteiger partial charge in [-0.15, -0.1) is 0 Å². The predicted octanol–water partition coefficient (Wildman–Crippen LogP) is 2.82. The van der Waals surface area contributed by atoms with E-state index >= 15 is 0 Å². The van der Waals surface area contributed by atoms with Crippen LogP contribution in [0.25, 0.3) is 0 Å². The van der Waals surface area contributed by atoms with Gasteiger partial charge in [0.15, 0.2) is 6.04 Å². The highest BCUT2D eigenvalue weighted by Crippen LogP contribution is 2.22. The number of methoxy groups -OCH3 is 2. The molecule has 1 amide bonds. The molecule has 0 heterocycles. The smallest absolute Gasteiger partial charge is 0.331 e. The van der Waals surface area contributed by atoms with E-state index < -0.39 is 24.0 Å². The number of hydrogen-bond donors (Lipinski definition) is 2. The van der Waals surface area contributed by atoms with Gasteiger partial charge in [-0.1, -0.05) is 38.1 Å². The summed E-state index contributed by atoms with van der Waals surface area (Å²) in [5, 5.41) is 13.2. The maximum atomic E-state index is 12.5. The zero-order valence-electron chi connectivity index (χ0n) is 15.9. The van der Waals surface area contributed by atoms with Gasteiger partial charge in [-0.05, 0) is 41.3 Å². The van der Waals surface area contributed by atoms with E-state index in [-0.39, 0.29) is 0 Å². The van der Waals surface area contributed by atoms with Crippen molar-refractivity contribution in [3.05, 3.63) is 65.2 Å². The Morgan fingerprint density at radius 2 is 1.48 bits per heavy atom. The zero-order valence-corrected chi connectivity index (χ0v) is 15.9. The third-order valence-electron chi connectivity index (χ3n) is 4.35. The van der Waals surface area contributed by atoms with Gasteiger partial charge in [0.05, 0.1) is 14.2 Å². The van der Waals surface area contributed by atoms with E-state index in [4.69, 9.17) is 9.47 Å².